The molecule has 4 rings (SSSR count). The highest BCUT2D eigenvalue weighted by atomic mass is 19.1. The molecule has 0 aliphatic carbocycles. The summed E-state index contributed by atoms with van der Waals surface area (Å²) in [5, 5.41) is 4.21. The molecule has 1 amide bonds. The minimum atomic E-state index is -0.495. The van der Waals surface area contributed by atoms with Gasteiger partial charge in [0, 0.05) is 43.6 Å². The Kier molecular flexibility index (Phi) is 5.79. The van der Waals surface area contributed by atoms with E-state index in [-0.39, 0.29) is 17.2 Å². The van der Waals surface area contributed by atoms with Crippen LogP contribution in [-0.2, 0) is 0 Å². The second-order valence-electron chi connectivity index (χ2n) is 7.47. The number of benzene rings is 2. The van der Waals surface area contributed by atoms with Crippen molar-refractivity contribution in [1.82, 2.24) is 14.7 Å². The summed E-state index contributed by atoms with van der Waals surface area (Å²) in [6, 6.07) is 13.6. The quantitative estimate of drug-likeness (QED) is 0.648. The fraction of sp³-hybridized carbons (Fsp3) is 0.261. The van der Waals surface area contributed by atoms with Crippen molar-refractivity contribution in [3.8, 4) is 5.69 Å². The molecule has 1 aliphatic rings. The Labute approximate surface area is 178 Å². The monoisotopic (exact) mass is 424 g/mol. The summed E-state index contributed by atoms with van der Waals surface area (Å²) in [7, 11) is 0. The normalized spacial score (nSPS) is 14.4. The molecule has 1 aromatic heterocycles. The van der Waals surface area contributed by atoms with Gasteiger partial charge in [-0.3, -0.25) is 9.59 Å². The zero-order valence-electron chi connectivity index (χ0n) is 17.1. The SMILES string of the molecule is Cc1cc(=O)c(C(=O)N2CCCN(c3ccc(F)cc3)CC2)nn1-c1ccccc1F. The first-order valence-electron chi connectivity index (χ1n) is 10.1. The average Bonchev–Trinajstić information content (AvgIpc) is 3.01. The maximum atomic E-state index is 14.3. The summed E-state index contributed by atoms with van der Waals surface area (Å²) < 4.78 is 28.8. The minimum absolute atomic E-state index is 0.174. The van der Waals surface area contributed by atoms with Crippen molar-refractivity contribution >= 4 is 11.6 Å². The average molecular weight is 424 g/mol. The summed E-state index contributed by atoms with van der Waals surface area (Å²) >= 11 is 0. The topological polar surface area (TPSA) is 58.4 Å². The number of anilines is 1. The smallest absolute Gasteiger partial charge is 0.278 e. The van der Waals surface area contributed by atoms with Crippen LogP contribution in [0.15, 0.2) is 59.4 Å². The number of aromatic nitrogens is 2. The van der Waals surface area contributed by atoms with E-state index in [0.717, 1.165) is 5.69 Å². The highest BCUT2D eigenvalue weighted by molar-refractivity contribution is 5.92. The van der Waals surface area contributed by atoms with Crippen LogP contribution in [0.5, 0.6) is 0 Å². The molecule has 8 heteroatoms. The van der Waals surface area contributed by atoms with Gasteiger partial charge < -0.3 is 9.80 Å². The summed E-state index contributed by atoms with van der Waals surface area (Å²) in [5.74, 6) is -1.27. The molecule has 0 saturated carbocycles. The molecule has 6 nitrogen and oxygen atoms in total. The number of aryl methyl sites for hydroxylation is 1. The van der Waals surface area contributed by atoms with Crippen LogP contribution >= 0.6 is 0 Å². The third kappa shape index (κ3) is 4.33. The second kappa shape index (κ2) is 8.67. The summed E-state index contributed by atoms with van der Waals surface area (Å²) in [5.41, 5.74) is 0.766. The van der Waals surface area contributed by atoms with Crippen molar-refractivity contribution in [2.45, 2.75) is 13.3 Å². The highest BCUT2D eigenvalue weighted by Crippen LogP contribution is 2.18. The highest BCUT2D eigenvalue weighted by Gasteiger charge is 2.25. The van der Waals surface area contributed by atoms with Gasteiger partial charge in [-0.1, -0.05) is 12.1 Å². The minimum Gasteiger partial charge on any atom is -0.370 e. The van der Waals surface area contributed by atoms with Crippen molar-refractivity contribution in [2.75, 3.05) is 31.1 Å². The lowest BCUT2D eigenvalue weighted by molar-refractivity contribution is 0.0757. The summed E-state index contributed by atoms with van der Waals surface area (Å²) in [4.78, 5) is 29.3. The Bertz CT molecular complexity index is 1160. The number of nitrogens with zero attached hydrogens (tertiary/aromatic N) is 4. The van der Waals surface area contributed by atoms with Gasteiger partial charge in [0.2, 0.25) is 5.43 Å². The first-order valence-corrected chi connectivity index (χ1v) is 10.1. The summed E-state index contributed by atoms with van der Waals surface area (Å²) in [6.07, 6.45) is 0.691. The molecule has 1 fully saturated rings. The van der Waals surface area contributed by atoms with Crippen LogP contribution < -0.4 is 10.3 Å². The van der Waals surface area contributed by atoms with Crippen LogP contribution in [0.3, 0.4) is 0 Å². The van der Waals surface area contributed by atoms with Gasteiger partial charge in [-0.05, 0) is 49.7 Å². The third-order valence-electron chi connectivity index (χ3n) is 5.37. The molecule has 0 spiro atoms. The van der Waals surface area contributed by atoms with Crippen molar-refractivity contribution < 1.29 is 13.6 Å². The largest absolute Gasteiger partial charge is 0.370 e. The Hall–Kier alpha value is -3.55. The van der Waals surface area contributed by atoms with Gasteiger partial charge >= 0.3 is 0 Å². The van der Waals surface area contributed by atoms with Crippen LogP contribution in [0.2, 0.25) is 0 Å². The van der Waals surface area contributed by atoms with Crippen LogP contribution in [0.25, 0.3) is 5.69 Å². The molecule has 3 aromatic rings. The van der Waals surface area contributed by atoms with Gasteiger partial charge in [0.1, 0.15) is 17.3 Å². The van der Waals surface area contributed by atoms with Gasteiger partial charge in [-0.2, -0.15) is 5.10 Å². The lowest BCUT2D eigenvalue weighted by Crippen LogP contribution is -2.39. The molecule has 2 heterocycles. The van der Waals surface area contributed by atoms with E-state index >= 15 is 0 Å². The standard InChI is InChI=1S/C23H22F2N4O2/c1-16-15-21(30)22(26-29(16)20-6-3-2-5-19(20)25)23(31)28-12-4-11-27(13-14-28)18-9-7-17(24)8-10-18/h2-3,5-10,15H,4,11-14H2,1H3. The van der Waals surface area contributed by atoms with E-state index in [1.807, 2.05) is 0 Å². The number of carbonyl (C=O) groups excluding carboxylic acids is 1. The number of hydrogen-bond donors (Lipinski definition) is 0. The van der Waals surface area contributed by atoms with Crippen LogP contribution in [0, 0.1) is 18.6 Å². The van der Waals surface area contributed by atoms with Crippen LogP contribution in [0.4, 0.5) is 14.5 Å². The molecule has 0 N–H and O–H groups in total. The lowest BCUT2D eigenvalue weighted by atomic mass is 10.2. The number of rotatable bonds is 3. The number of halogens is 2. The maximum Gasteiger partial charge on any atom is 0.278 e. The van der Waals surface area contributed by atoms with Gasteiger partial charge in [-0.25, -0.2) is 13.5 Å². The van der Waals surface area contributed by atoms with E-state index in [2.05, 4.69) is 10.00 Å². The van der Waals surface area contributed by atoms with E-state index in [4.69, 9.17) is 0 Å². The lowest BCUT2D eigenvalue weighted by Gasteiger charge is -2.23. The van der Waals surface area contributed by atoms with Gasteiger partial charge in [0.05, 0.1) is 0 Å². The molecule has 160 valence electrons. The van der Waals surface area contributed by atoms with E-state index in [1.54, 1.807) is 42.2 Å². The molecule has 0 radical (unpaired) electrons. The fourth-order valence-electron chi connectivity index (χ4n) is 3.74. The fourth-order valence-corrected chi connectivity index (χ4v) is 3.74. The predicted molar refractivity (Wildman–Crippen MR) is 114 cm³/mol. The number of hydrogen-bond acceptors (Lipinski definition) is 4. The van der Waals surface area contributed by atoms with E-state index < -0.39 is 17.2 Å². The molecule has 0 atom stereocenters. The third-order valence-corrected chi connectivity index (χ3v) is 5.37. The summed E-state index contributed by atoms with van der Waals surface area (Å²) in [6.45, 7) is 3.75. The Morgan fingerprint density at radius 2 is 1.71 bits per heavy atom. The molecular formula is C23H22F2N4O2. The van der Waals surface area contributed by atoms with E-state index in [9.17, 15) is 18.4 Å². The molecule has 2 aromatic carbocycles. The number of para-hydroxylation sites is 1. The predicted octanol–water partition coefficient (Wildman–Crippen LogP) is 3.17. The van der Waals surface area contributed by atoms with Crippen LogP contribution in [-0.4, -0.2) is 46.8 Å². The molecule has 31 heavy (non-hydrogen) atoms. The number of amides is 1. The van der Waals surface area contributed by atoms with Gasteiger partial charge in [0.25, 0.3) is 5.91 Å². The Balaban J connectivity index is 1.58. The van der Waals surface area contributed by atoms with E-state index in [1.165, 1.54) is 28.9 Å². The first-order chi connectivity index (χ1) is 14.9. The Morgan fingerprint density at radius 1 is 0.968 bits per heavy atom. The molecular weight excluding hydrogens is 402 g/mol. The molecule has 0 bridgehead atoms. The molecule has 1 aliphatic heterocycles. The van der Waals surface area contributed by atoms with Gasteiger partial charge in [0.15, 0.2) is 5.69 Å². The van der Waals surface area contributed by atoms with Gasteiger partial charge in [-0.15, -0.1) is 0 Å². The Morgan fingerprint density at radius 3 is 2.45 bits per heavy atom. The number of carbonyl (C=O) groups is 1. The zero-order chi connectivity index (χ0) is 22.0. The zero-order valence-corrected chi connectivity index (χ0v) is 17.1. The van der Waals surface area contributed by atoms with E-state index in [0.29, 0.717) is 38.3 Å². The van der Waals surface area contributed by atoms with Crippen molar-refractivity contribution in [1.29, 1.82) is 0 Å². The molecule has 1 saturated heterocycles. The van der Waals surface area contributed by atoms with Crippen molar-refractivity contribution in [3.63, 3.8) is 0 Å². The first kappa shape index (κ1) is 20.7. The second-order valence-corrected chi connectivity index (χ2v) is 7.47. The van der Waals surface area contributed by atoms with Crippen LogP contribution in [0.1, 0.15) is 22.6 Å². The molecule has 0 unspecified atom stereocenters. The van der Waals surface area contributed by atoms with Crippen molar-refractivity contribution in [3.05, 3.63) is 87.8 Å². The maximum absolute atomic E-state index is 14.3. The van der Waals surface area contributed by atoms with Crippen molar-refractivity contribution in [2.24, 2.45) is 0 Å².